The molecule has 2 aromatic carbocycles. The third-order valence-electron chi connectivity index (χ3n) is 4.41. The SMILES string of the molecule is CC(C)Cc1ccc(S(=O)(=O)N(C)CCc2noc(-c3ccccc3)n2)cc1. The van der Waals surface area contributed by atoms with Crippen molar-refractivity contribution >= 4 is 10.0 Å². The molecule has 0 saturated heterocycles. The molecule has 7 heteroatoms. The molecule has 0 unspecified atom stereocenters. The first-order chi connectivity index (χ1) is 13.4. The summed E-state index contributed by atoms with van der Waals surface area (Å²) in [6.45, 7) is 4.54. The molecule has 148 valence electrons. The van der Waals surface area contributed by atoms with E-state index < -0.39 is 10.0 Å². The predicted octanol–water partition coefficient (Wildman–Crippen LogP) is 3.80. The van der Waals surface area contributed by atoms with Crippen molar-refractivity contribution in [2.45, 2.75) is 31.6 Å². The maximum atomic E-state index is 12.8. The molecule has 1 heterocycles. The number of sulfonamides is 1. The first kappa shape index (κ1) is 20.2. The maximum absolute atomic E-state index is 12.8. The Labute approximate surface area is 166 Å². The maximum Gasteiger partial charge on any atom is 0.257 e. The van der Waals surface area contributed by atoms with Crippen molar-refractivity contribution in [2.24, 2.45) is 5.92 Å². The van der Waals surface area contributed by atoms with E-state index >= 15 is 0 Å². The van der Waals surface area contributed by atoms with Crippen LogP contribution in [0.2, 0.25) is 0 Å². The largest absolute Gasteiger partial charge is 0.334 e. The monoisotopic (exact) mass is 399 g/mol. The minimum atomic E-state index is -3.55. The van der Waals surface area contributed by atoms with Gasteiger partial charge in [0.05, 0.1) is 4.90 Å². The van der Waals surface area contributed by atoms with E-state index in [0.29, 0.717) is 28.9 Å². The lowest BCUT2D eigenvalue weighted by molar-refractivity contribution is 0.415. The smallest absolute Gasteiger partial charge is 0.257 e. The Morgan fingerprint density at radius 3 is 2.36 bits per heavy atom. The van der Waals surface area contributed by atoms with Gasteiger partial charge in [-0.1, -0.05) is 49.3 Å². The van der Waals surface area contributed by atoms with Crippen LogP contribution in [0, 0.1) is 5.92 Å². The first-order valence-electron chi connectivity index (χ1n) is 9.29. The molecule has 0 atom stereocenters. The van der Waals surface area contributed by atoms with Gasteiger partial charge in [-0.05, 0) is 42.2 Å². The number of hydrogen-bond donors (Lipinski definition) is 0. The highest BCUT2D eigenvalue weighted by Crippen LogP contribution is 2.19. The fraction of sp³-hybridized carbons (Fsp3) is 0.333. The second-order valence-corrected chi connectivity index (χ2v) is 9.25. The molecule has 0 fully saturated rings. The molecule has 0 amide bonds. The average molecular weight is 400 g/mol. The Balaban J connectivity index is 1.64. The van der Waals surface area contributed by atoms with E-state index in [9.17, 15) is 8.42 Å². The molecule has 0 N–H and O–H groups in total. The van der Waals surface area contributed by atoms with Crippen LogP contribution in [0.3, 0.4) is 0 Å². The highest BCUT2D eigenvalue weighted by molar-refractivity contribution is 7.89. The fourth-order valence-electron chi connectivity index (χ4n) is 2.88. The van der Waals surface area contributed by atoms with Crippen LogP contribution in [0.1, 0.15) is 25.2 Å². The third kappa shape index (κ3) is 4.85. The van der Waals surface area contributed by atoms with Crippen molar-refractivity contribution in [3.8, 4) is 11.5 Å². The Hall–Kier alpha value is -2.51. The summed E-state index contributed by atoms with van der Waals surface area (Å²) in [5.74, 6) is 1.44. The number of hydrogen-bond acceptors (Lipinski definition) is 5. The zero-order valence-electron chi connectivity index (χ0n) is 16.4. The molecule has 0 aliphatic rings. The number of benzene rings is 2. The van der Waals surface area contributed by atoms with E-state index in [0.717, 1.165) is 17.5 Å². The van der Waals surface area contributed by atoms with Gasteiger partial charge in [-0.2, -0.15) is 4.98 Å². The zero-order valence-corrected chi connectivity index (χ0v) is 17.2. The molecular weight excluding hydrogens is 374 g/mol. The van der Waals surface area contributed by atoms with E-state index in [4.69, 9.17) is 4.52 Å². The quantitative estimate of drug-likeness (QED) is 0.576. The molecule has 6 nitrogen and oxygen atoms in total. The number of nitrogens with zero attached hydrogens (tertiary/aromatic N) is 3. The van der Waals surface area contributed by atoms with E-state index in [1.807, 2.05) is 42.5 Å². The van der Waals surface area contributed by atoms with Crippen LogP contribution in [-0.4, -0.2) is 36.5 Å². The summed E-state index contributed by atoms with van der Waals surface area (Å²) in [6.07, 6.45) is 1.30. The van der Waals surface area contributed by atoms with Crippen LogP contribution in [-0.2, 0) is 22.9 Å². The number of aromatic nitrogens is 2. The number of rotatable bonds is 8. The molecule has 28 heavy (non-hydrogen) atoms. The van der Waals surface area contributed by atoms with Crippen molar-refractivity contribution in [1.29, 1.82) is 0 Å². The van der Waals surface area contributed by atoms with Gasteiger partial charge >= 0.3 is 0 Å². The van der Waals surface area contributed by atoms with Crippen molar-refractivity contribution in [2.75, 3.05) is 13.6 Å². The standard InChI is InChI=1S/C21H25N3O3S/c1-16(2)15-17-9-11-19(12-10-17)28(25,26)24(3)14-13-20-22-21(27-23-20)18-7-5-4-6-8-18/h4-12,16H,13-15H2,1-3H3. The molecule has 0 aliphatic carbocycles. The fourth-order valence-corrected chi connectivity index (χ4v) is 4.05. The molecule has 1 aromatic heterocycles. The van der Waals surface area contributed by atoms with Gasteiger partial charge in [-0.15, -0.1) is 0 Å². The Kier molecular flexibility index (Phi) is 6.26. The van der Waals surface area contributed by atoms with Gasteiger partial charge in [0.1, 0.15) is 0 Å². The van der Waals surface area contributed by atoms with Crippen molar-refractivity contribution in [1.82, 2.24) is 14.4 Å². The summed E-state index contributed by atoms with van der Waals surface area (Å²) < 4.78 is 32.1. The van der Waals surface area contributed by atoms with Gasteiger partial charge in [-0.3, -0.25) is 0 Å². The van der Waals surface area contributed by atoms with E-state index in [-0.39, 0.29) is 6.54 Å². The highest BCUT2D eigenvalue weighted by atomic mass is 32.2. The highest BCUT2D eigenvalue weighted by Gasteiger charge is 2.21. The van der Waals surface area contributed by atoms with Crippen molar-refractivity contribution in [3.63, 3.8) is 0 Å². The molecule has 0 radical (unpaired) electrons. The minimum absolute atomic E-state index is 0.268. The molecular formula is C21H25N3O3S. The van der Waals surface area contributed by atoms with Gasteiger partial charge in [0, 0.05) is 25.6 Å². The van der Waals surface area contributed by atoms with Gasteiger partial charge in [0.25, 0.3) is 5.89 Å². The molecule has 3 rings (SSSR count). The molecule has 0 saturated carbocycles. The molecule has 0 spiro atoms. The van der Waals surface area contributed by atoms with Crippen LogP contribution >= 0.6 is 0 Å². The Morgan fingerprint density at radius 1 is 1.04 bits per heavy atom. The summed E-state index contributed by atoms with van der Waals surface area (Å²) >= 11 is 0. The normalized spacial score (nSPS) is 12.0. The predicted molar refractivity (Wildman–Crippen MR) is 108 cm³/mol. The van der Waals surface area contributed by atoms with Gasteiger partial charge in [-0.25, -0.2) is 12.7 Å². The molecule has 0 bridgehead atoms. The second-order valence-electron chi connectivity index (χ2n) is 7.20. The first-order valence-corrected chi connectivity index (χ1v) is 10.7. The van der Waals surface area contributed by atoms with E-state index in [1.54, 1.807) is 19.2 Å². The van der Waals surface area contributed by atoms with Crippen LogP contribution in [0.15, 0.2) is 64.0 Å². The van der Waals surface area contributed by atoms with Gasteiger partial charge in [0.15, 0.2) is 5.82 Å². The average Bonchev–Trinajstić information content (AvgIpc) is 3.16. The summed E-state index contributed by atoms with van der Waals surface area (Å²) in [5.41, 5.74) is 1.97. The minimum Gasteiger partial charge on any atom is -0.334 e. The lowest BCUT2D eigenvalue weighted by atomic mass is 10.0. The Bertz CT molecular complexity index is 997. The number of likely N-dealkylation sites (N-methyl/N-ethyl adjacent to an activating group) is 1. The van der Waals surface area contributed by atoms with Crippen LogP contribution in [0.25, 0.3) is 11.5 Å². The van der Waals surface area contributed by atoms with E-state index in [2.05, 4.69) is 24.0 Å². The lowest BCUT2D eigenvalue weighted by Crippen LogP contribution is -2.29. The van der Waals surface area contributed by atoms with Crippen LogP contribution in [0.5, 0.6) is 0 Å². The molecule has 0 aliphatic heterocycles. The summed E-state index contributed by atoms with van der Waals surface area (Å²) in [6, 6.07) is 16.6. The molecule has 3 aromatic rings. The third-order valence-corrected chi connectivity index (χ3v) is 6.29. The second kappa shape index (κ2) is 8.67. The topological polar surface area (TPSA) is 76.3 Å². The van der Waals surface area contributed by atoms with Crippen LogP contribution in [0.4, 0.5) is 0 Å². The van der Waals surface area contributed by atoms with Crippen LogP contribution < -0.4 is 0 Å². The summed E-state index contributed by atoms with van der Waals surface area (Å²) in [7, 11) is -1.99. The van der Waals surface area contributed by atoms with Gasteiger partial charge in [0.2, 0.25) is 10.0 Å². The van der Waals surface area contributed by atoms with Crippen molar-refractivity contribution in [3.05, 3.63) is 66.0 Å². The lowest BCUT2D eigenvalue weighted by Gasteiger charge is -2.16. The summed E-state index contributed by atoms with van der Waals surface area (Å²) in [5, 5.41) is 3.95. The van der Waals surface area contributed by atoms with Gasteiger partial charge < -0.3 is 4.52 Å². The van der Waals surface area contributed by atoms with Crippen molar-refractivity contribution < 1.29 is 12.9 Å². The zero-order chi connectivity index (χ0) is 20.1. The van der Waals surface area contributed by atoms with E-state index in [1.165, 1.54) is 4.31 Å². The Morgan fingerprint density at radius 2 is 1.71 bits per heavy atom. The summed E-state index contributed by atoms with van der Waals surface area (Å²) in [4.78, 5) is 4.64.